The van der Waals surface area contributed by atoms with Crippen LogP contribution < -0.4 is 5.32 Å². The number of carbonyl (C=O) groups excluding carboxylic acids is 1. The van der Waals surface area contributed by atoms with Crippen molar-refractivity contribution in [2.24, 2.45) is 0 Å². The number of nitrogens with one attached hydrogen (secondary N) is 1. The van der Waals surface area contributed by atoms with Gasteiger partial charge in [0.05, 0.1) is 0 Å². The van der Waals surface area contributed by atoms with Crippen molar-refractivity contribution >= 4 is 11.7 Å². The average molecular weight is 312 g/mol. The van der Waals surface area contributed by atoms with Crippen molar-refractivity contribution in [3.05, 3.63) is 48.0 Å². The van der Waals surface area contributed by atoms with Gasteiger partial charge in [0, 0.05) is 43.1 Å². The molecule has 122 valence electrons. The number of hydrogen-bond acceptors (Lipinski definition) is 2. The van der Waals surface area contributed by atoms with E-state index in [-0.39, 0.29) is 6.03 Å². The number of amides is 2. The summed E-state index contributed by atoms with van der Waals surface area (Å²) in [6.07, 6.45) is 4.01. The summed E-state index contributed by atoms with van der Waals surface area (Å²) < 4.78 is 2.29. The summed E-state index contributed by atoms with van der Waals surface area (Å²) in [7, 11) is 0. The second-order valence-electron chi connectivity index (χ2n) is 6.14. The molecular formula is C18H24N4O. The number of aryl methyl sites for hydroxylation is 1. The van der Waals surface area contributed by atoms with E-state index >= 15 is 0 Å². The lowest BCUT2D eigenvalue weighted by atomic mass is 10.1. The van der Waals surface area contributed by atoms with E-state index in [2.05, 4.69) is 28.7 Å². The second kappa shape index (κ2) is 6.86. The van der Waals surface area contributed by atoms with Crippen LogP contribution in [0.3, 0.4) is 0 Å². The monoisotopic (exact) mass is 312 g/mol. The summed E-state index contributed by atoms with van der Waals surface area (Å²) in [5.74, 6) is 1.45. The Labute approximate surface area is 137 Å². The summed E-state index contributed by atoms with van der Waals surface area (Å²) >= 11 is 0. The third-order valence-electron chi connectivity index (χ3n) is 4.40. The standard InChI is InChI=1S/C18H24N4O/c1-3-10-22-14(2)12-19-17(22)15-9-11-21(13-15)18(23)20-16-7-5-4-6-8-16/h4-8,12,15H,3,9-11,13H2,1-2H3,(H,20,23). The first-order valence-electron chi connectivity index (χ1n) is 8.32. The first-order chi connectivity index (χ1) is 11.2. The van der Waals surface area contributed by atoms with E-state index in [1.165, 1.54) is 5.69 Å². The number of nitrogens with zero attached hydrogens (tertiary/aromatic N) is 3. The molecule has 1 aromatic carbocycles. The molecule has 1 fully saturated rings. The third kappa shape index (κ3) is 3.38. The Balaban J connectivity index is 1.65. The molecule has 1 aromatic heterocycles. The van der Waals surface area contributed by atoms with Gasteiger partial charge < -0.3 is 14.8 Å². The van der Waals surface area contributed by atoms with Gasteiger partial charge in [-0.25, -0.2) is 9.78 Å². The van der Waals surface area contributed by atoms with Gasteiger partial charge in [0.1, 0.15) is 5.82 Å². The molecule has 1 aliphatic rings. The van der Waals surface area contributed by atoms with Crippen LogP contribution in [0.25, 0.3) is 0 Å². The highest BCUT2D eigenvalue weighted by Gasteiger charge is 2.30. The summed E-state index contributed by atoms with van der Waals surface area (Å²) in [5.41, 5.74) is 2.04. The predicted octanol–water partition coefficient (Wildman–Crippen LogP) is 3.62. The van der Waals surface area contributed by atoms with E-state index in [1.54, 1.807) is 0 Å². The van der Waals surface area contributed by atoms with E-state index in [1.807, 2.05) is 41.4 Å². The highest BCUT2D eigenvalue weighted by atomic mass is 16.2. The molecule has 2 amide bonds. The Bertz CT molecular complexity index is 665. The fourth-order valence-corrected chi connectivity index (χ4v) is 3.20. The lowest BCUT2D eigenvalue weighted by molar-refractivity contribution is 0.222. The zero-order valence-electron chi connectivity index (χ0n) is 13.8. The molecule has 0 saturated carbocycles. The Morgan fingerprint density at radius 3 is 2.87 bits per heavy atom. The number of hydrogen-bond donors (Lipinski definition) is 1. The molecule has 0 aliphatic carbocycles. The summed E-state index contributed by atoms with van der Waals surface area (Å²) in [4.78, 5) is 18.9. The molecule has 3 rings (SSSR count). The number of para-hydroxylation sites is 1. The van der Waals surface area contributed by atoms with Crippen molar-refractivity contribution in [1.82, 2.24) is 14.5 Å². The van der Waals surface area contributed by atoms with Crippen molar-refractivity contribution in [2.45, 2.75) is 39.2 Å². The van der Waals surface area contributed by atoms with Gasteiger partial charge >= 0.3 is 6.03 Å². The van der Waals surface area contributed by atoms with Crippen molar-refractivity contribution in [2.75, 3.05) is 18.4 Å². The molecule has 1 aliphatic heterocycles. The molecule has 1 atom stereocenters. The SMILES string of the molecule is CCCn1c(C)cnc1C1CCN(C(=O)Nc2ccccc2)C1. The minimum absolute atomic E-state index is 0.0241. The maximum Gasteiger partial charge on any atom is 0.321 e. The lowest BCUT2D eigenvalue weighted by Crippen LogP contribution is -2.33. The molecule has 1 N–H and O–H groups in total. The van der Waals surface area contributed by atoms with Crippen LogP contribution in [-0.2, 0) is 6.54 Å². The molecule has 23 heavy (non-hydrogen) atoms. The predicted molar refractivity (Wildman–Crippen MR) is 91.6 cm³/mol. The average Bonchev–Trinajstić information content (AvgIpc) is 3.17. The molecular weight excluding hydrogens is 288 g/mol. The van der Waals surface area contributed by atoms with Gasteiger partial charge in [-0.15, -0.1) is 0 Å². The van der Waals surface area contributed by atoms with Gasteiger partial charge in [-0.3, -0.25) is 0 Å². The number of aromatic nitrogens is 2. The topological polar surface area (TPSA) is 50.2 Å². The number of benzene rings is 1. The van der Waals surface area contributed by atoms with Crippen LogP contribution in [0.15, 0.2) is 36.5 Å². The zero-order valence-corrected chi connectivity index (χ0v) is 13.8. The fourth-order valence-electron chi connectivity index (χ4n) is 3.20. The van der Waals surface area contributed by atoms with Crippen molar-refractivity contribution < 1.29 is 4.79 Å². The van der Waals surface area contributed by atoms with Crippen LogP contribution in [0.5, 0.6) is 0 Å². The van der Waals surface area contributed by atoms with Crippen LogP contribution in [0, 0.1) is 6.92 Å². The second-order valence-corrected chi connectivity index (χ2v) is 6.14. The molecule has 2 heterocycles. The number of imidazole rings is 1. The number of carbonyl (C=O) groups is 1. The van der Waals surface area contributed by atoms with E-state index in [0.717, 1.165) is 44.0 Å². The molecule has 2 aromatic rings. The summed E-state index contributed by atoms with van der Waals surface area (Å²) in [5, 5.41) is 2.96. The van der Waals surface area contributed by atoms with Crippen molar-refractivity contribution in [3.63, 3.8) is 0 Å². The minimum Gasteiger partial charge on any atom is -0.332 e. The molecule has 1 unspecified atom stereocenters. The highest BCUT2D eigenvalue weighted by Crippen LogP contribution is 2.27. The van der Waals surface area contributed by atoms with Crippen LogP contribution in [0.4, 0.5) is 10.5 Å². The molecule has 1 saturated heterocycles. The molecule has 0 radical (unpaired) electrons. The van der Waals surface area contributed by atoms with Crippen LogP contribution >= 0.6 is 0 Å². The van der Waals surface area contributed by atoms with Crippen molar-refractivity contribution in [1.29, 1.82) is 0 Å². The number of anilines is 1. The van der Waals surface area contributed by atoms with Gasteiger partial charge in [0.25, 0.3) is 0 Å². The molecule has 5 heteroatoms. The first kappa shape index (κ1) is 15.6. The van der Waals surface area contributed by atoms with E-state index in [4.69, 9.17) is 0 Å². The maximum atomic E-state index is 12.4. The van der Waals surface area contributed by atoms with Crippen LogP contribution in [0.2, 0.25) is 0 Å². The largest absolute Gasteiger partial charge is 0.332 e. The maximum absolute atomic E-state index is 12.4. The molecule has 0 bridgehead atoms. The van der Waals surface area contributed by atoms with Gasteiger partial charge in [0.2, 0.25) is 0 Å². The van der Waals surface area contributed by atoms with Crippen molar-refractivity contribution in [3.8, 4) is 0 Å². The Kier molecular flexibility index (Phi) is 4.65. The number of rotatable bonds is 4. The Morgan fingerprint density at radius 2 is 2.13 bits per heavy atom. The summed E-state index contributed by atoms with van der Waals surface area (Å²) in [6.45, 7) is 6.78. The van der Waals surface area contributed by atoms with E-state index in [9.17, 15) is 4.79 Å². The van der Waals surface area contributed by atoms with Crippen LogP contribution in [-0.4, -0.2) is 33.6 Å². The van der Waals surface area contributed by atoms with Gasteiger partial charge in [-0.2, -0.15) is 0 Å². The fraction of sp³-hybridized carbons (Fsp3) is 0.444. The smallest absolute Gasteiger partial charge is 0.321 e. The van der Waals surface area contributed by atoms with E-state index in [0.29, 0.717) is 5.92 Å². The number of urea groups is 1. The van der Waals surface area contributed by atoms with Crippen LogP contribution in [0.1, 0.15) is 37.2 Å². The number of likely N-dealkylation sites (tertiary alicyclic amines) is 1. The Hall–Kier alpha value is -2.30. The van der Waals surface area contributed by atoms with Gasteiger partial charge in [0.15, 0.2) is 0 Å². The molecule has 5 nitrogen and oxygen atoms in total. The van der Waals surface area contributed by atoms with Gasteiger partial charge in [-0.1, -0.05) is 25.1 Å². The minimum atomic E-state index is -0.0241. The molecule has 0 spiro atoms. The zero-order chi connectivity index (χ0) is 16.2. The first-order valence-corrected chi connectivity index (χ1v) is 8.32. The Morgan fingerprint density at radius 1 is 1.35 bits per heavy atom. The van der Waals surface area contributed by atoms with Gasteiger partial charge in [-0.05, 0) is 31.9 Å². The quantitative estimate of drug-likeness (QED) is 0.937. The normalized spacial score (nSPS) is 17.5. The lowest BCUT2D eigenvalue weighted by Gasteiger charge is -2.18. The summed E-state index contributed by atoms with van der Waals surface area (Å²) in [6, 6.07) is 9.58. The van der Waals surface area contributed by atoms with E-state index < -0.39 is 0 Å². The highest BCUT2D eigenvalue weighted by molar-refractivity contribution is 5.89. The third-order valence-corrected chi connectivity index (χ3v) is 4.40.